The molecule has 3 rings (SSSR count). The quantitative estimate of drug-likeness (QED) is 0.315. The highest BCUT2D eigenvalue weighted by Crippen LogP contribution is 2.30. The minimum Gasteiger partial charge on any atom is -0.423 e. The van der Waals surface area contributed by atoms with E-state index in [-0.39, 0.29) is 22.3 Å². The lowest BCUT2D eigenvalue weighted by atomic mass is 10.2. The van der Waals surface area contributed by atoms with Gasteiger partial charge in [-0.05, 0) is 48.2 Å². The number of sulfonamides is 1. The predicted molar refractivity (Wildman–Crippen MR) is 134 cm³/mol. The molecule has 0 fully saturated rings. The van der Waals surface area contributed by atoms with E-state index in [4.69, 9.17) is 4.74 Å². The molecule has 0 aliphatic heterocycles. The molecular weight excluding hydrogens is 458 g/mol. The number of ether oxygens (including phenoxy) is 1. The van der Waals surface area contributed by atoms with Gasteiger partial charge in [0.1, 0.15) is 5.75 Å². The molecule has 1 aromatic heterocycles. The zero-order valence-corrected chi connectivity index (χ0v) is 21.5. The Hall–Kier alpha value is -2.49. The fraction of sp³-hybridized carbons (Fsp3) is 0.417. The van der Waals surface area contributed by atoms with E-state index in [0.717, 1.165) is 15.3 Å². The van der Waals surface area contributed by atoms with Crippen molar-refractivity contribution in [2.24, 2.45) is 11.8 Å². The van der Waals surface area contributed by atoms with Crippen molar-refractivity contribution in [2.45, 2.75) is 32.6 Å². The van der Waals surface area contributed by atoms with Crippen LogP contribution in [-0.4, -0.2) is 50.9 Å². The Kier molecular flexibility index (Phi) is 7.76. The lowest BCUT2D eigenvalue weighted by Gasteiger charge is -2.25. The SMILES string of the molecule is CC(C)CN(CC(C)C)S(=O)(=O)c1ccc(C(=O)Oc2ccc3nc(N(C)C)sc3c2)cc1. The zero-order valence-electron chi connectivity index (χ0n) is 19.9. The van der Waals surface area contributed by atoms with Crippen LogP contribution in [0.5, 0.6) is 5.75 Å². The van der Waals surface area contributed by atoms with Crippen LogP contribution < -0.4 is 9.64 Å². The van der Waals surface area contributed by atoms with Crippen molar-refractivity contribution in [3.05, 3.63) is 48.0 Å². The summed E-state index contributed by atoms with van der Waals surface area (Å²) in [7, 11) is 0.198. The van der Waals surface area contributed by atoms with Gasteiger partial charge in [0.05, 0.1) is 20.7 Å². The molecule has 0 aliphatic carbocycles. The highest BCUT2D eigenvalue weighted by molar-refractivity contribution is 7.89. The van der Waals surface area contributed by atoms with Crippen molar-refractivity contribution in [3.8, 4) is 5.75 Å². The number of hydrogen-bond donors (Lipinski definition) is 0. The first kappa shape index (κ1) is 25.1. The number of anilines is 1. The van der Waals surface area contributed by atoms with Crippen molar-refractivity contribution in [3.63, 3.8) is 0 Å². The Morgan fingerprint density at radius 1 is 1.00 bits per heavy atom. The summed E-state index contributed by atoms with van der Waals surface area (Å²) in [5.74, 6) is 0.282. The first-order valence-corrected chi connectivity index (χ1v) is 13.1. The van der Waals surface area contributed by atoms with E-state index < -0.39 is 16.0 Å². The molecule has 1 heterocycles. The van der Waals surface area contributed by atoms with Gasteiger partial charge in [-0.25, -0.2) is 18.2 Å². The highest BCUT2D eigenvalue weighted by Gasteiger charge is 2.26. The molecular formula is C24H31N3O4S2. The summed E-state index contributed by atoms with van der Waals surface area (Å²) in [5, 5.41) is 0.870. The predicted octanol–water partition coefficient (Wildman–Crippen LogP) is 4.88. The molecule has 0 unspecified atom stereocenters. The minimum atomic E-state index is -3.65. The maximum Gasteiger partial charge on any atom is 0.343 e. The standard InChI is InChI=1S/C24H31N3O4S2/c1-16(2)14-27(15-17(3)4)33(29,30)20-10-7-18(8-11-20)23(28)31-19-9-12-21-22(13-19)32-24(25-21)26(5)6/h7-13,16-17H,14-15H2,1-6H3. The van der Waals surface area contributed by atoms with E-state index in [1.54, 1.807) is 12.1 Å². The van der Waals surface area contributed by atoms with Crippen LogP contribution in [0.25, 0.3) is 10.2 Å². The Morgan fingerprint density at radius 3 is 2.15 bits per heavy atom. The van der Waals surface area contributed by atoms with Crippen LogP contribution in [0.1, 0.15) is 38.1 Å². The number of esters is 1. The van der Waals surface area contributed by atoms with Gasteiger partial charge in [-0.3, -0.25) is 0 Å². The molecule has 2 aromatic carbocycles. The van der Waals surface area contributed by atoms with Crippen molar-refractivity contribution in [1.82, 2.24) is 9.29 Å². The van der Waals surface area contributed by atoms with Crippen LogP contribution in [0.15, 0.2) is 47.4 Å². The van der Waals surface area contributed by atoms with Crippen molar-refractivity contribution < 1.29 is 17.9 Å². The number of hydrogen-bond acceptors (Lipinski definition) is 7. The smallest absolute Gasteiger partial charge is 0.343 e. The fourth-order valence-electron chi connectivity index (χ4n) is 3.31. The molecule has 9 heteroatoms. The molecule has 0 radical (unpaired) electrons. The summed E-state index contributed by atoms with van der Waals surface area (Å²) >= 11 is 1.51. The van der Waals surface area contributed by atoms with Gasteiger partial charge in [0, 0.05) is 33.3 Å². The lowest BCUT2D eigenvalue weighted by Crippen LogP contribution is -2.37. The molecule has 0 atom stereocenters. The molecule has 3 aromatic rings. The van der Waals surface area contributed by atoms with Crippen LogP contribution in [0.3, 0.4) is 0 Å². The topological polar surface area (TPSA) is 79.8 Å². The third-order valence-electron chi connectivity index (χ3n) is 4.81. The molecule has 0 N–H and O–H groups in total. The summed E-state index contributed by atoms with van der Waals surface area (Å²) in [6, 6.07) is 11.2. The number of carbonyl (C=O) groups is 1. The van der Waals surface area contributed by atoms with Gasteiger partial charge in [0.2, 0.25) is 10.0 Å². The minimum absolute atomic E-state index is 0.169. The maximum atomic E-state index is 13.2. The summed E-state index contributed by atoms with van der Waals surface area (Å²) in [5.41, 5.74) is 1.12. The summed E-state index contributed by atoms with van der Waals surface area (Å²) in [4.78, 5) is 19.3. The zero-order chi connectivity index (χ0) is 24.3. The first-order valence-electron chi connectivity index (χ1n) is 10.9. The molecule has 0 saturated carbocycles. The van der Waals surface area contributed by atoms with Gasteiger partial charge in [-0.2, -0.15) is 4.31 Å². The second-order valence-electron chi connectivity index (χ2n) is 9.04. The van der Waals surface area contributed by atoms with Crippen molar-refractivity contribution >= 4 is 42.7 Å². The van der Waals surface area contributed by atoms with E-state index in [1.807, 2.05) is 52.8 Å². The Morgan fingerprint density at radius 2 is 1.61 bits per heavy atom. The van der Waals surface area contributed by atoms with Gasteiger partial charge < -0.3 is 9.64 Å². The molecule has 0 bridgehead atoms. The second kappa shape index (κ2) is 10.2. The van der Waals surface area contributed by atoms with E-state index >= 15 is 0 Å². The van der Waals surface area contributed by atoms with E-state index in [9.17, 15) is 13.2 Å². The monoisotopic (exact) mass is 489 g/mol. The molecule has 33 heavy (non-hydrogen) atoms. The average Bonchev–Trinajstić information content (AvgIpc) is 3.16. The molecule has 0 saturated heterocycles. The fourth-order valence-corrected chi connectivity index (χ4v) is 5.99. The lowest BCUT2D eigenvalue weighted by molar-refractivity contribution is 0.0735. The summed E-state index contributed by atoms with van der Waals surface area (Å²) < 4.78 is 34.3. The Labute approximate surface area is 200 Å². The van der Waals surface area contributed by atoms with Crippen molar-refractivity contribution in [1.29, 1.82) is 0 Å². The van der Waals surface area contributed by atoms with Crippen LogP contribution in [0, 0.1) is 11.8 Å². The first-order chi connectivity index (χ1) is 15.5. The third-order valence-corrected chi connectivity index (χ3v) is 7.84. The molecule has 178 valence electrons. The number of nitrogens with zero attached hydrogens (tertiary/aromatic N) is 3. The van der Waals surface area contributed by atoms with Crippen molar-refractivity contribution in [2.75, 3.05) is 32.1 Å². The molecule has 0 amide bonds. The van der Waals surface area contributed by atoms with Gasteiger partial charge in [0.15, 0.2) is 5.13 Å². The van der Waals surface area contributed by atoms with Crippen LogP contribution >= 0.6 is 11.3 Å². The van der Waals surface area contributed by atoms with Gasteiger partial charge in [-0.15, -0.1) is 0 Å². The van der Waals surface area contributed by atoms with E-state index in [0.29, 0.717) is 18.8 Å². The number of rotatable bonds is 9. The average molecular weight is 490 g/mol. The number of aromatic nitrogens is 1. The van der Waals surface area contributed by atoms with Gasteiger partial charge in [-0.1, -0.05) is 39.0 Å². The summed E-state index contributed by atoms with van der Waals surface area (Å²) in [6.45, 7) is 8.86. The van der Waals surface area contributed by atoms with Crippen LogP contribution in [0.4, 0.5) is 5.13 Å². The maximum absolute atomic E-state index is 13.2. The largest absolute Gasteiger partial charge is 0.423 e. The Bertz CT molecular complexity index is 1210. The number of benzene rings is 2. The van der Waals surface area contributed by atoms with Crippen LogP contribution in [0.2, 0.25) is 0 Å². The second-order valence-corrected chi connectivity index (χ2v) is 12.0. The highest BCUT2D eigenvalue weighted by atomic mass is 32.2. The van der Waals surface area contributed by atoms with Crippen LogP contribution in [-0.2, 0) is 10.0 Å². The summed E-state index contributed by atoms with van der Waals surface area (Å²) in [6.07, 6.45) is 0. The molecule has 0 spiro atoms. The normalized spacial score (nSPS) is 12.2. The number of carbonyl (C=O) groups excluding carboxylic acids is 1. The number of fused-ring (bicyclic) bond motifs is 1. The van der Waals surface area contributed by atoms with Gasteiger partial charge in [0.25, 0.3) is 0 Å². The van der Waals surface area contributed by atoms with E-state index in [1.165, 1.54) is 39.9 Å². The van der Waals surface area contributed by atoms with Gasteiger partial charge >= 0.3 is 5.97 Å². The molecule has 7 nitrogen and oxygen atoms in total. The Balaban J connectivity index is 1.77. The molecule has 0 aliphatic rings. The van der Waals surface area contributed by atoms with E-state index in [2.05, 4.69) is 4.98 Å². The third kappa shape index (κ3) is 6.10. The number of thiazole rings is 1.